The molecule has 0 spiro atoms. The summed E-state index contributed by atoms with van der Waals surface area (Å²) in [5.41, 5.74) is 2.05. The molecule has 5 heteroatoms. The van der Waals surface area contributed by atoms with Crippen LogP contribution in [0.1, 0.15) is 50.3 Å². The monoisotopic (exact) mass is 387 g/mol. The first kappa shape index (κ1) is 19.6. The van der Waals surface area contributed by atoms with Crippen molar-refractivity contribution in [2.75, 3.05) is 13.2 Å². The van der Waals surface area contributed by atoms with Gasteiger partial charge < -0.3 is 14.8 Å². The fraction of sp³-hybridized carbons (Fsp3) is 0.409. The van der Waals surface area contributed by atoms with Crippen LogP contribution in [0.5, 0.6) is 11.5 Å². The maximum Gasteiger partial charge on any atom is 0.224 e. The van der Waals surface area contributed by atoms with Crippen LogP contribution in [0.25, 0.3) is 0 Å². The van der Waals surface area contributed by atoms with E-state index in [0.717, 1.165) is 28.3 Å². The second-order valence-corrected chi connectivity index (χ2v) is 7.18. The Morgan fingerprint density at radius 3 is 2.56 bits per heavy atom. The molecule has 0 heterocycles. The van der Waals surface area contributed by atoms with E-state index in [4.69, 9.17) is 21.1 Å². The molecule has 144 valence electrons. The molecule has 0 aliphatic heterocycles. The van der Waals surface area contributed by atoms with E-state index in [2.05, 4.69) is 5.32 Å². The number of halogens is 1. The highest BCUT2D eigenvalue weighted by Gasteiger charge is 2.45. The number of carbonyl (C=O) groups is 1. The summed E-state index contributed by atoms with van der Waals surface area (Å²) >= 11 is 6.26. The molecule has 2 aromatic carbocycles. The predicted molar refractivity (Wildman–Crippen MR) is 108 cm³/mol. The average molecular weight is 388 g/mol. The van der Waals surface area contributed by atoms with Gasteiger partial charge in [0.2, 0.25) is 5.91 Å². The number of carbonyl (C=O) groups excluding carboxylic acids is 1. The normalized spacial score (nSPS) is 19.3. The quantitative estimate of drug-likeness (QED) is 0.684. The second kappa shape index (κ2) is 8.66. The van der Waals surface area contributed by atoms with Gasteiger partial charge in [-0.25, -0.2) is 0 Å². The summed E-state index contributed by atoms with van der Waals surface area (Å²) in [7, 11) is 0. The van der Waals surface area contributed by atoms with Crippen molar-refractivity contribution in [1.29, 1.82) is 0 Å². The van der Waals surface area contributed by atoms with E-state index in [-0.39, 0.29) is 23.8 Å². The highest BCUT2D eigenvalue weighted by atomic mass is 35.5. The lowest BCUT2D eigenvalue weighted by Crippen LogP contribution is -2.28. The highest BCUT2D eigenvalue weighted by Crippen LogP contribution is 2.49. The zero-order chi connectivity index (χ0) is 19.4. The molecule has 0 saturated heterocycles. The Labute approximate surface area is 165 Å². The molecule has 2 aromatic rings. The largest absolute Gasteiger partial charge is 0.490 e. The molecule has 1 fully saturated rings. The van der Waals surface area contributed by atoms with Gasteiger partial charge in [0.1, 0.15) is 0 Å². The molecular formula is C22H26ClNO3. The van der Waals surface area contributed by atoms with Crippen molar-refractivity contribution in [1.82, 2.24) is 5.32 Å². The van der Waals surface area contributed by atoms with Crippen molar-refractivity contribution in [3.8, 4) is 11.5 Å². The fourth-order valence-corrected chi connectivity index (χ4v) is 3.62. The number of amides is 1. The Morgan fingerprint density at radius 1 is 1.15 bits per heavy atom. The summed E-state index contributed by atoms with van der Waals surface area (Å²) in [6, 6.07) is 13.5. The van der Waals surface area contributed by atoms with E-state index in [9.17, 15) is 4.79 Å². The van der Waals surface area contributed by atoms with Crippen molar-refractivity contribution in [3.05, 3.63) is 58.6 Å². The first-order valence-corrected chi connectivity index (χ1v) is 9.87. The molecule has 0 aromatic heterocycles. The molecular weight excluding hydrogens is 362 g/mol. The lowest BCUT2D eigenvalue weighted by molar-refractivity contribution is -0.123. The van der Waals surface area contributed by atoms with Crippen LogP contribution in [0.3, 0.4) is 0 Å². The van der Waals surface area contributed by atoms with E-state index in [1.165, 1.54) is 0 Å². The van der Waals surface area contributed by atoms with Crippen LogP contribution in [0.15, 0.2) is 42.5 Å². The number of rotatable bonds is 8. The van der Waals surface area contributed by atoms with Gasteiger partial charge in [0.05, 0.1) is 19.3 Å². The minimum atomic E-state index is -0.111. The van der Waals surface area contributed by atoms with E-state index in [1.54, 1.807) is 0 Å². The molecule has 27 heavy (non-hydrogen) atoms. The zero-order valence-electron chi connectivity index (χ0n) is 16.0. The minimum Gasteiger partial charge on any atom is -0.490 e. The van der Waals surface area contributed by atoms with Gasteiger partial charge in [0, 0.05) is 10.9 Å². The van der Waals surface area contributed by atoms with Crippen LogP contribution in [0, 0.1) is 5.92 Å². The summed E-state index contributed by atoms with van der Waals surface area (Å²) in [5.74, 6) is 1.70. The van der Waals surface area contributed by atoms with Crippen molar-refractivity contribution in [3.63, 3.8) is 0 Å². The number of benzene rings is 2. The summed E-state index contributed by atoms with van der Waals surface area (Å²) in [5, 5.41) is 3.85. The van der Waals surface area contributed by atoms with Crippen molar-refractivity contribution in [2.45, 2.75) is 39.2 Å². The van der Waals surface area contributed by atoms with Crippen molar-refractivity contribution >= 4 is 17.5 Å². The molecule has 0 radical (unpaired) electrons. The van der Waals surface area contributed by atoms with E-state index < -0.39 is 0 Å². The predicted octanol–water partition coefficient (Wildman–Crippen LogP) is 5.12. The number of hydrogen-bond acceptors (Lipinski definition) is 3. The summed E-state index contributed by atoms with van der Waals surface area (Å²) in [4.78, 5) is 12.7. The van der Waals surface area contributed by atoms with E-state index in [1.807, 2.05) is 63.2 Å². The number of ether oxygens (including phenoxy) is 2. The molecule has 3 rings (SSSR count). The van der Waals surface area contributed by atoms with Crippen LogP contribution < -0.4 is 14.8 Å². The molecule has 3 atom stereocenters. The fourth-order valence-electron chi connectivity index (χ4n) is 3.35. The average Bonchev–Trinajstić information content (AvgIpc) is 3.44. The maximum absolute atomic E-state index is 12.7. The van der Waals surface area contributed by atoms with Gasteiger partial charge in [-0.1, -0.05) is 35.9 Å². The molecule has 0 bridgehead atoms. The number of hydrogen-bond donors (Lipinski definition) is 1. The van der Waals surface area contributed by atoms with Gasteiger partial charge in [-0.2, -0.15) is 0 Å². The first-order valence-electron chi connectivity index (χ1n) is 9.49. The second-order valence-electron chi connectivity index (χ2n) is 6.77. The third kappa shape index (κ3) is 4.56. The van der Waals surface area contributed by atoms with Gasteiger partial charge in [0.15, 0.2) is 11.5 Å². The number of nitrogens with one attached hydrogen (secondary N) is 1. The van der Waals surface area contributed by atoms with Crippen LogP contribution in [0.2, 0.25) is 5.02 Å². The smallest absolute Gasteiger partial charge is 0.224 e. The molecule has 3 unspecified atom stereocenters. The van der Waals surface area contributed by atoms with Gasteiger partial charge >= 0.3 is 0 Å². The van der Waals surface area contributed by atoms with Crippen LogP contribution in [-0.4, -0.2) is 19.1 Å². The molecule has 1 saturated carbocycles. The zero-order valence-corrected chi connectivity index (χ0v) is 16.8. The third-order valence-corrected chi connectivity index (χ3v) is 5.20. The summed E-state index contributed by atoms with van der Waals surface area (Å²) in [6.07, 6.45) is 0.843. The van der Waals surface area contributed by atoms with Crippen molar-refractivity contribution in [2.24, 2.45) is 5.92 Å². The molecule has 1 aliphatic rings. The van der Waals surface area contributed by atoms with Crippen LogP contribution in [0.4, 0.5) is 0 Å². The van der Waals surface area contributed by atoms with Gasteiger partial charge in [-0.15, -0.1) is 0 Å². The lowest BCUT2D eigenvalue weighted by atomic mass is 10.1. The van der Waals surface area contributed by atoms with Crippen LogP contribution in [-0.2, 0) is 4.79 Å². The Balaban J connectivity index is 1.65. The van der Waals surface area contributed by atoms with E-state index >= 15 is 0 Å². The Bertz CT molecular complexity index is 808. The lowest BCUT2D eigenvalue weighted by Gasteiger charge is -2.17. The Kier molecular flexibility index (Phi) is 6.27. The van der Waals surface area contributed by atoms with Gasteiger partial charge in [-0.05, 0) is 62.4 Å². The van der Waals surface area contributed by atoms with Gasteiger partial charge in [0.25, 0.3) is 0 Å². The minimum absolute atomic E-state index is 0.0126. The highest BCUT2D eigenvalue weighted by molar-refractivity contribution is 6.31. The van der Waals surface area contributed by atoms with Crippen molar-refractivity contribution < 1.29 is 14.3 Å². The SMILES string of the molecule is CCOc1ccc(C(C)NC(=O)C2CC2c2ccccc2Cl)cc1OCC. The van der Waals surface area contributed by atoms with Crippen LogP contribution >= 0.6 is 11.6 Å². The third-order valence-electron chi connectivity index (χ3n) is 4.86. The molecule has 4 nitrogen and oxygen atoms in total. The molecule has 1 amide bonds. The van der Waals surface area contributed by atoms with E-state index in [0.29, 0.717) is 19.0 Å². The van der Waals surface area contributed by atoms with Gasteiger partial charge in [-0.3, -0.25) is 4.79 Å². The standard InChI is InChI=1S/C22H26ClNO3/c1-4-26-20-11-10-15(12-21(20)27-5-2)14(3)24-22(25)18-13-17(18)16-8-6-7-9-19(16)23/h6-12,14,17-18H,4-5,13H2,1-3H3,(H,24,25). The molecule has 1 N–H and O–H groups in total. The molecule has 1 aliphatic carbocycles. The summed E-state index contributed by atoms with van der Waals surface area (Å²) < 4.78 is 11.3. The maximum atomic E-state index is 12.7. The Hall–Kier alpha value is -2.20. The summed E-state index contributed by atoms with van der Waals surface area (Å²) in [6.45, 7) is 7.01. The topological polar surface area (TPSA) is 47.6 Å². The first-order chi connectivity index (χ1) is 13.0. The Morgan fingerprint density at radius 2 is 1.85 bits per heavy atom.